The number of H-pyrrole nitrogens is 1. The number of aromatic amines is 1. The van der Waals surface area contributed by atoms with Gasteiger partial charge in [-0.2, -0.15) is 0 Å². The number of aliphatic carboxylic acids is 1. The van der Waals surface area contributed by atoms with Crippen LogP contribution in [-0.2, 0) is 9.59 Å². The van der Waals surface area contributed by atoms with Crippen LogP contribution >= 0.6 is 0 Å². The van der Waals surface area contributed by atoms with Crippen molar-refractivity contribution in [2.24, 2.45) is 0 Å². The van der Waals surface area contributed by atoms with Crippen LogP contribution < -0.4 is 5.11 Å². The summed E-state index contributed by atoms with van der Waals surface area (Å²) in [5.74, 6) is -1.93. The zero-order valence-electron chi connectivity index (χ0n) is 17.7. The Morgan fingerprint density at radius 3 is 2.45 bits per heavy atom. The molecule has 1 aromatic heterocycles. The number of fused-ring (bicyclic) bond motifs is 1. The minimum Gasteiger partial charge on any atom is -0.550 e. The predicted octanol–water partition coefficient (Wildman–Crippen LogP) is 3.96. The Balaban J connectivity index is 2.06. The fraction of sp³-hybridized carbons (Fsp3) is 0.280. The summed E-state index contributed by atoms with van der Waals surface area (Å²) in [7, 11) is 0. The van der Waals surface area contributed by atoms with E-state index in [4.69, 9.17) is 0 Å². The lowest BCUT2D eigenvalue weighted by Crippen LogP contribution is -2.36. The maximum atomic E-state index is 13.5. The lowest BCUT2D eigenvalue weighted by molar-refractivity contribution is -0.309. The largest absolute Gasteiger partial charge is 0.550 e. The number of nitrogens with one attached hydrogen (secondary N) is 1. The number of carboxylic acid groups (broad SMARTS) is 1. The number of benzene rings is 2. The number of halogens is 1. The Labute approximate surface area is 180 Å². The number of aromatic nitrogens is 1. The van der Waals surface area contributed by atoms with Crippen molar-refractivity contribution in [2.45, 2.75) is 45.1 Å². The summed E-state index contributed by atoms with van der Waals surface area (Å²) in [6.45, 7) is 5.47. The van der Waals surface area contributed by atoms with Crippen LogP contribution in [0.25, 0.3) is 28.1 Å². The van der Waals surface area contributed by atoms with Gasteiger partial charge in [-0.05, 0) is 54.3 Å². The Morgan fingerprint density at radius 1 is 1.16 bits per heavy atom. The van der Waals surface area contributed by atoms with Gasteiger partial charge in [0.15, 0.2) is 5.78 Å². The second kappa shape index (κ2) is 8.86. The zero-order valence-corrected chi connectivity index (χ0v) is 17.7. The molecule has 1 atom stereocenters. The van der Waals surface area contributed by atoms with Gasteiger partial charge >= 0.3 is 0 Å². The summed E-state index contributed by atoms with van der Waals surface area (Å²) in [5.41, 5.74) is 2.65. The van der Waals surface area contributed by atoms with Crippen molar-refractivity contribution in [1.29, 1.82) is 0 Å². The maximum Gasteiger partial charge on any atom is 0.158 e. The smallest absolute Gasteiger partial charge is 0.158 e. The molecule has 0 bridgehead atoms. The third kappa shape index (κ3) is 5.27. The summed E-state index contributed by atoms with van der Waals surface area (Å²) in [6.07, 6.45) is 1.95. The van der Waals surface area contributed by atoms with E-state index < -0.39 is 23.8 Å². The van der Waals surface area contributed by atoms with E-state index in [1.807, 2.05) is 18.2 Å². The van der Waals surface area contributed by atoms with Crippen LogP contribution in [0.1, 0.15) is 50.8 Å². The number of aliphatic hydroxyl groups is 1. The van der Waals surface area contributed by atoms with Crippen molar-refractivity contribution in [3.63, 3.8) is 0 Å². The number of allylic oxidation sites excluding steroid dienone is 1. The van der Waals surface area contributed by atoms with Crippen LogP contribution in [0.4, 0.5) is 4.39 Å². The van der Waals surface area contributed by atoms with Gasteiger partial charge in [0.2, 0.25) is 0 Å². The first-order chi connectivity index (χ1) is 14.6. The van der Waals surface area contributed by atoms with Gasteiger partial charge < -0.3 is 20.0 Å². The van der Waals surface area contributed by atoms with Gasteiger partial charge in [0, 0.05) is 41.0 Å². The van der Waals surface area contributed by atoms with Crippen molar-refractivity contribution < 1.29 is 24.2 Å². The maximum absolute atomic E-state index is 13.5. The Hall–Kier alpha value is -3.25. The fourth-order valence-electron chi connectivity index (χ4n) is 3.80. The van der Waals surface area contributed by atoms with Gasteiger partial charge in [0.1, 0.15) is 5.82 Å². The van der Waals surface area contributed by atoms with E-state index in [9.17, 15) is 24.2 Å². The number of hydrogen-bond donors (Lipinski definition) is 2. The fourth-order valence-corrected chi connectivity index (χ4v) is 3.80. The molecule has 0 aliphatic carbocycles. The zero-order chi connectivity index (χ0) is 22.8. The molecular formula is C25H25FNO4-. The molecule has 0 aliphatic heterocycles. The first kappa shape index (κ1) is 22.4. The van der Waals surface area contributed by atoms with Crippen LogP contribution in [0.3, 0.4) is 0 Å². The third-order valence-corrected chi connectivity index (χ3v) is 5.16. The van der Waals surface area contributed by atoms with E-state index >= 15 is 0 Å². The quantitative estimate of drug-likeness (QED) is 0.538. The Morgan fingerprint density at radius 2 is 1.84 bits per heavy atom. The van der Waals surface area contributed by atoms with E-state index in [0.29, 0.717) is 5.69 Å². The average Bonchev–Trinajstić information content (AvgIpc) is 3.04. The molecule has 1 heterocycles. The summed E-state index contributed by atoms with van der Waals surface area (Å²) in [6, 6.07) is 12.1. The van der Waals surface area contributed by atoms with Crippen LogP contribution in [0.2, 0.25) is 0 Å². The highest BCUT2D eigenvalue weighted by Gasteiger charge is 2.24. The second-order valence-corrected chi connectivity index (χ2v) is 8.37. The van der Waals surface area contributed by atoms with Crippen molar-refractivity contribution in [1.82, 2.24) is 4.98 Å². The number of ketones is 1. The van der Waals surface area contributed by atoms with E-state index in [-0.39, 0.29) is 18.2 Å². The highest BCUT2D eigenvalue weighted by Crippen LogP contribution is 2.38. The lowest BCUT2D eigenvalue weighted by atomic mass is 9.92. The van der Waals surface area contributed by atoms with Gasteiger partial charge in [-0.25, -0.2) is 4.39 Å². The molecule has 0 radical (unpaired) electrons. The van der Waals surface area contributed by atoms with Gasteiger partial charge in [-0.15, -0.1) is 0 Å². The molecule has 0 spiro atoms. The topological polar surface area (TPSA) is 93.2 Å². The number of rotatable bonds is 8. The number of carbonyl (C=O) groups excluding carboxylic acids is 2. The monoisotopic (exact) mass is 422 g/mol. The van der Waals surface area contributed by atoms with Crippen LogP contribution in [0.5, 0.6) is 0 Å². The Bertz CT molecular complexity index is 1140. The first-order valence-electron chi connectivity index (χ1n) is 10.1. The first-order valence-corrected chi connectivity index (χ1v) is 10.1. The summed E-state index contributed by atoms with van der Waals surface area (Å²) in [5, 5.41) is 21.9. The Kier molecular flexibility index (Phi) is 6.41. The number of hydrogen-bond acceptors (Lipinski definition) is 4. The molecule has 0 saturated carbocycles. The molecule has 2 N–H and O–H groups in total. The minimum absolute atomic E-state index is 0.247. The van der Waals surface area contributed by atoms with Gasteiger partial charge in [0.05, 0.1) is 5.60 Å². The molecule has 3 aromatic rings. The van der Waals surface area contributed by atoms with Crippen LogP contribution in [0.15, 0.2) is 48.5 Å². The molecule has 0 fully saturated rings. The summed E-state index contributed by atoms with van der Waals surface area (Å²) in [4.78, 5) is 26.5. The van der Waals surface area contributed by atoms with Crippen molar-refractivity contribution in [2.75, 3.05) is 0 Å². The highest BCUT2D eigenvalue weighted by molar-refractivity contribution is 6.04. The van der Waals surface area contributed by atoms with Crippen LogP contribution in [0, 0.1) is 5.82 Å². The van der Waals surface area contributed by atoms with Crippen molar-refractivity contribution in [3.8, 4) is 11.1 Å². The van der Waals surface area contributed by atoms with Crippen molar-refractivity contribution in [3.05, 3.63) is 65.6 Å². The van der Waals surface area contributed by atoms with Gasteiger partial charge in [0.25, 0.3) is 0 Å². The molecule has 162 valence electrons. The molecule has 0 amide bonds. The van der Waals surface area contributed by atoms with E-state index in [0.717, 1.165) is 27.6 Å². The van der Waals surface area contributed by atoms with E-state index in [1.54, 1.807) is 18.2 Å². The lowest BCUT2D eigenvalue weighted by Gasteiger charge is -2.21. The average molecular weight is 422 g/mol. The molecule has 1 unspecified atom stereocenters. The third-order valence-electron chi connectivity index (χ3n) is 5.16. The molecular weight excluding hydrogens is 397 g/mol. The summed E-state index contributed by atoms with van der Waals surface area (Å²) < 4.78 is 13.5. The SMILES string of the molecule is CC(C)c1cccc2[nH]c(C=CC(=O)CC(C)(O)CC(=O)[O-])c(-c3ccc(F)cc3)c12. The molecule has 31 heavy (non-hydrogen) atoms. The minimum atomic E-state index is -1.69. The molecule has 0 aliphatic rings. The van der Waals surface area contributed by atoms with Crippen LogP contribution in [-0.4, -0.2) is 27.4 Å². The van der Waals surface area contributed by atoms with Crippen molar-refractivity contribution >= 4 is 28.7 Å². The van der Waals surface area contributed by atoms with Gasteiger partial charge in [-0.3, -0.25) is 4.79 Å². The summed E-state index contributed by atoms with van der Waals surface area (Å²) >= 11 is 0. The molecule has 6 heteroatoms. The number of carbonyl (C=O) groups is 2. The predicted molar refractivity (Wildman–Crippen MR) is 117 cm³/mol. The highest BCUT2D eigenvalue weighted by atomic mass is 19.1. The standard InChI is InChI=1S/C25H26FNO4/c1-15(2)19-5-4-6-20-24(19)23(16-7-9-17(26)10-8-16)21(27-20)12-11-18(28)13-25(3,31)14-22(29)30/h4-12,15,27,31H,13-14H2,1-3H3,(H,29,30)/p-1. The number of carboxylic acids is 1. The molecule has 2 aromatic carbocycles. The molecule has 0 saturated heterocycles. The molecule has 3 rings (SSSR count). The second-order valence-electron chi connectivity index (χ2n) is 8.37. The van der Waals surface area contributed by atoms with Gasteiger partial charge in [-0.1, -0.05) is 38.1 Å². The van der Waals surface area contributed by atoms with E-state index in [2.05, 4.69) is 18.8 Å². The normalized spacial score (nSPS) is 13.7. The van der Waals surface area contributed by atoms with E-state index in [1.165, 1.54) is 25.1 Å². The molecule has 5 nitrogen and oxygen atoms in total.